The summed E-state index contributed by atoms with van der Waals surface area (Å²) in [4.78, 5) is 161. The van der Waals surface area contributed by atoms with Gasteiger partial charge >= 0.3 is 240 Å². The molecular formula is C75H96IK2N19O21. The molecule has 0 saturated heterocycles. The number of hydrogen-bond donors (Lipinski definition) is 6. The Morgan fingerprint density at radius 1 is 0.585 bits per heavy atom. The first-order valence-corrected chi connectivity index (χ1v) is 36.5. The number of carboxylic acid groups (broad SMARTS) is 1. The van der Waals surface area contributed by atoms with E-state index < -0.39 is 80.1 Å². The summed E-state index contributed by atoms with van der Waals surface area (Å²) in [7, 11) is 23.1. The predicted molar refractivity (Wildman–Crippen MR) is 444 cm³/mol. The summed E-state index contributed by atoms with van der Waals surface area (Å²) < 4.78 is 20.9. The second-order valence-electron chi connectivity index (χ2n) is 23.5. The molecule has 0 spiro atoms. The maximum Gasteiger partial charge on any atom is 1.00 e. The molecule has 9 N–H and O–H groups in total. The van der Waals surface area contributed by atoms with Crippen LogP contribution in [0.1, 0.15) is 55.4 Å². The molecule has 626 valence electrons. The van der Waals surface area contributed by atoms with Crippen LogP contribution in [0.3, 0.4) is 0 Å². The molecule has 7 amide bonds. The number of halogens is 1. The first kappa shape index (κ1) is 111. The van der Waals surface area contributed by atoms with Gasteiger partial charge in [-0.2, -0.15) is 4.99 Å². The third-order valence-electron chi connectivity index (χ3n) is 13.7. The van der Waals surface area contributed by atoms with E-state index in [9.17, 15) is 57.5 Å². The van der Waals surface area contributed by atoms with Crippen molar-refractivity contribution >= 4 is 133 Å². The van der Waals surface area contributed by atoms with Gasteiger partial charge in [0.2, 0.25) is 12.0 Å². The molecule has 8 aromatic rings. The molecule has 40 nitrogen and oxygen atoms in total. The number of carbonyl (C=O) groups is 10. The van der Waals surface area contributed by atoms with Crippen LogP contribution in [-0.4, -0.2) is 196 Å². The van der Waals surface area contributed by atoms with Gasteiger partial charge in [0.25, 0.3) is 6.47 Å². The van der Waals surface area contributed by atoms with Crippen LogP contribution < -0.4 is 170 Å². The largest absolute Gasteiger partial charge is 1.00 e. The van der Waals surface area contributed by atoms with Gasteiger partial charge in [0.15, 0.2) is 5.78 Å². The number of urea groups is 2. The Morgan fingerprint density at radius 2 is 0.941 bits per heavy atom. The number of azo groups is 1. The number of isocyanates is 1. The molecule has 0 saturated carbocycles. The average Bonchev–Trinajstić information content (AvgIpc) is 1.71. The number of ketones is 1. The molecule has 0 unspecified atom stereocenters. The van der Waals surface area contributed by atoms with E-state index in [4.69, 9.17) is 26.8 Å². The number of ether oxygens (including phenoxy) is 2. The van der Waals surface area contributed by atoms with Crippen molar-refractivity contribution in [2.24, 2.45) is 26.2 Å². The first-order chi connectivity index (χ1) is 54.5. The number of hydrazine groups is 1. The second kappa shape index (κ2) is 62.4. The Morgan fingerprint density at radius 3 is 1.27 bits per heavy atom. The number of hydrogen-bond acceptors (Lipinski definition) is 27. The predicted octanol–water partition coefficient (Wildman–Crippen LogP) is 2.82. The number of H-pyrrole nitrogens is 2. The standard InChI is InChI=1S/C14H20N2O3.C10H11IO4.C10H12N4O2.C10H10N4O2.C9H10N4O.C9H10N2O.C9H11NO2.C3H8N2O2.CH2O3.2K.H2O.H/c1-4-19-14(18)15-10-13(17)9-11-5-7-12(8-6-11)16(2)3;1-8(12)14-11(15-9(2)13)10-6-4-3-5-7-10;2*1-13(2)7-3-5-8(6-4-7)14-9(15)11-12-10(14)16;1-13(2)8-5-3-7(4-6-8)9(14)11-12-10;1-11(2)9-5-3-8(4-6-9)10-7-12;1-10(2)8-5-3-7(4-6-8)9(11)12;1-2-7-3(6)5-4;2-1-4-3;;;;/h5-8H,4,9-10H2,1-3H3,(H,15,18);3-7H,1-2H3;3-6H,1-2H3,(H,11,15)(H,12,16);3-6H,1-2H3;3-6H,1-2H3;3-6H,1-2H3;3-6H,1-2H3,(H,11,12);2,4H2,1H3,(H,5,6);1,3H;;;1H2;/q;;;;;;;;;2*+1;;-1/p-1. The quantitative estimate of drug-likeness (QED) is 0.00490. The van der Waals surface area contributed by atoms with Gasteiger partial charge < -0.3 is 66.3 Å². The van der Waals surface area contributed by atoms with Crippen LogP contribution in [0, 0.1) is 3.57 Å². The fraction of sp³-hybridized carbons (Fsp3) is 0.267. The van der Waals surface area contributed by atoms with Crippen LogP contribution in [0.2, 0.25) is 0 Å². The summed E-state index contributed by atoms with van der Waals surface area (Å²) >= 11 is -2.59. The van der Waals surface area contributed by atoms with Crippen LogP contribution in [0.4, 0.5) is 64.7 Å². The van der Waals surface area contributed by atoms with E-state index >= 15 is 0 Å². The molecule has 43 heteroatoms. The molecule has 118 heavy (non-hydrogen) atoms. The van der Waals surface area contributed by atoms with E-state index in [1.165, 1.54) is 19.9 Å². The van der Waals surface area contributed by atoms with Gasteiger partial charge in [-0.15, -0.1) is 0 Å². The second-order valence-corrected chi connectivity index (χ2v) is 26.8. The van der Waals surface area contributed by atoms with Crippen LogP contribution in [-0.2, 0) is 50.9 Å². The number of carbonyl (C=O) groups excluding carboxylic acids is 10. The SMILES string of the molecule is CC(=O)OI(OC(C)=O)c1ccccc1.CCOC(=O)NCC(=O)Cc1ccc(N(C)C)cc1.CCOC(=O)NN.CN(C)c1ccc(-n2c(=O)[nH][nH]c2=O)cc1.CN(C)c1ccc(C(=O)N=[N+]=[N-])cc1.CN(C)c1ccc(C(=O)O)cc1.CN(C)c1ccc(N2C(=O)N=NC2=O)cc1.CN(C)c1ccc(N=C=O)cc1.O.O=CO[O-].[H-].[K+].[K+]. The Kier molecular flexibility index (Phi) is 58.9. The van der Waals surface area contributed by atoms with Crippen LogP contribution in [0.15, 0.2) is 206 Å². The minimum absolute atomic E-state index is 0. The minimum atomic E-state index is -2.59. The van der Waals surface area contributed by atoms with E-state index in [0.717, 1.165) is 52.7 Å². The Hall–Kier alpha value is -10.8. The number of aromatic nitrogens is 3. The van der Waals surface area contributed by atoms with E-state index in [0.29, 0.717) is 47.8 Å². The van der Waals surface area contributed by atoms with E-state index in [2.05, 4.69) is 61.0 Å². The Labute approximate surface area is 775 Å². The van der Waals surface area contributed by atoms with Crippen LogP contribution >= 0.6 is 20.6 Å². The number of benzene rings is 7. The van der Waals surface area contributed by atoms with Gasteiger partial charge in [-0.05, 0) is 164 Å². The number of azide groups is 1. The number of Topliss-reactive ketones (excluding diaryl/α,β-unsaturated/α-hetero) is 1. The summed E-state index contributed by atoms with van der Waals surface area (Å²) in [6.07, 6.45) is 0.648. The number of nitrogens with one attached hydrogen (secondary N) is 4. The number of amides is 7. The number of rotatable bonds is 21. The normalized spacial score (nSPS) is 9.88. The van der Waals surface area contributed by atoms with E-state index in [1.54, 1.807) is 116 Å². The zero-order chi connectivity index (χ0) is 86.7. The van der Waals surface area contributed by atoms with Gasteiger partial charge in [0.05, 0.1) is 42.4 Å². The number of aliphatic imine (C=N–C) groups is 1. The number of carboxylic acids is 1. The smallest absolute Gasteiger partial charge is 1.00 e. The van der Waals surface area contributed by atoms with E-state index in [-0.39, 0.29) is 128 Å². The summed E-state index contributed by atoms with van der Waals surface area (Å²) in [6, 6.07) is 50.6. The van der Waals surface area contributed by atoms with E-state index in [1.807, 2.05) is 193 Å². The van der Waals surface area contributed by atoms with Crippen molar-refractivity contribution in [1.82, 2.24) is 25.5 Å². The number of aromatic amines is 2. The third-order valence-corrected chi connectivity index (χ3v) is 17.5. The summed E-state index contributed by atoms with van der Waals surface area (Å²) in [5.74, 6) is 2.29. The molecule has 0 aliphatic carbocycles. The van der Waals surface area contributed by atoms with Crippen molar-refractivity contribution in [2.45, 2.75) is 34.1 Å². The zero-order valence-electron chi connectivity index (χ0n) is 69.6. The summed E-state index contributed by atoms with van der Waals surface area (Å²) in [5, 5.41) is 33.3. The van der Waals surface area contributed by atoms with Gasteiger partial charge in [-0.25, -0.2) is 63.9 Å². The third kappa shape index (κ3) is 45.0. The van der Waals surface area contributed by atoms with Crippen LogP contribution in [0.5, 0.6) is 0 Å². The van der Waals surface area contributed by atoms with Crippen molar-refractivity contribution in [3.8, 4) is 5.69 Å². The van der Waals surface area contributed by atoms with Gasteiger partial charge in [0, 0.05) is 136 Å². The first-order valence-electron chi connectivity index (χ1n) is 33.7. The fourth-order valence-corrected chi connectivity index (χ4v) is 10.9. The Bertz CT molecular complexity index is 4520. The summed E-state index contributed by atoms with van der Waals surface area (Å²) in [6.45, 7) is 6.49. The number of anilines is 7. The molecule has 0 atom stereocenters. The Balaban J connectivity index is -0.000000633. The van der Waals surface area contributed by atoms with Gasteiger partial charge in [0.1, 0.15) is 0 Å². The van der Waals surface area contributed by atoms with Gasteiger partial charge in [-0.1, -0.05) is 22.4 Å². The van der Waals surface area contributed by atoms with Crippen molar-refractivity contribution in [3.63, 3.8) is 0 Å². The number of imide groups is 1. The fourth-order valence-electron chi connectivity index (χ4n) is 8.15. The maximum atomic E-state index is 11.7. The molecule has 1 aliphatic rings. The number of alkyl carbamates (subject to hydrolysis) is 1. The molecule has 1 aromatic heterocycles. The number of nitrogens with two attached hydrogens (primary N) is 1. The molecule has 7 aromatic carbocycles. The van der Waals surface area contributed by atoms with Crippen molar-refractivity contribution in [3.05, 3.63) is 228 Å². The van der Waals surface area contributed by atoms with Crippen molar-refractivity contribution < 1.29 is 193 Å². The zero-order valence-corrected chi connectivity index (χ0v) is 77.0. The average molecular weight is 1800 g/mol. The van der Waals surface area contributed by atoms with Crippen molar-refractivity contribution in [2.75, 3.05) is 139 Å². The molecule has 2 heterocycles. The molecule has 0 radical (unpaired) electrons. The topological polar surface area (TPSA) is 538 Å². The van der Waals surface area contributed by atoms with Gasteiger partial charge in [-0.3, -0.25) is 19.8 Å². The number of aromatic carboxylic acids is 1. The molecular weight excluding hydrogens is 1710 g/mol. The van der Waals surface area contributed by atoms with Crippen molar-refractivity contribution in [1.29, 1.82) is 0 Å². The number of nitrogens with zero attached hydrogens (tertiary/aromatic N) is 14. The maximum absolute atomic E-state index is 11.7. The summed E-state index contributed by atoms with van der Waals surface area (Å²) in [5.41, 5.74) is 18.4. The molecule has 9 rings (SSSR count). The monoisotopic (exact) mass is 1800 g/mol. The minimum Gasteiger partial charge on any atom is -1.00 e. The van der Waals surface area contributed by atoms with Crippen LogP contribution in [0.25, 0.3) is 16.1 Å². The molecule has 0 bridgehead atoms. The molecule has 0 fully saturated rings. The molecule has 1 aliphatic heterocycles.